The summed E-state index contributed by atoms with van der Waals surface area (Å²) in [6.45, 7) is 5.17. The van der Waals surface area contributed by atoms with Crippen LogP contribution >= 0.6 is 0 Å². The van der Waals surface area contributed by atoms with E-state index in [0.29, 0.717) is 18.8 Å². The molecule has 0 radical (unpaired) electrons. The second-order valence-corrected chi connectivity index (χ2v) is 7.50. The fourth-order valence-electron chi connectivity index (χ4n) is 3.03. The number of amides is 2. The first-order valence-corrected chi connectivity index (χ1v) is 11.5. The quantitative estimate of drug-likeness (QED) is 0.239. The molecule has 3 aromatic carbocycles. The molecule has 180 valence electrons. The minimum Gasteiger partial charge on any atom is -0.494 e. The van der Waals surface area contributed by atoms with Crippen molar-refractivity contribution in [2.75, 3.05) is 13.2 Å². The topological polar surface area (TPSA) is 89.0 Å². The first kappa shape index (κ1) is 25.2. The number of nitrogens with one attached hydrogen (secondary N) is 2. The molecule has 0 aliphatic carbocycles. The number of ether oxygens (including phenoxy) is 2. The van der Waals surface area contributed by atoms with Gasteiger partial charge in [0.15, 0.2) is 0 Å². The van der Waals surface area contributed by atoms with Crippen LogP contribution in [-0.2, 0) is 4.79 Å². The molecule has 0 aliphatic rings. The van der Waals surface area contributed by atoms with Gasteiger partial charge in [0.2, 0.25) is 0 Å². The number of rotatable bonds is 11. The minimum atomic E-state index is -0.553. The molecule has 0 aromatic heterocycles. The summed E-state index contributed by atoms with van der Waals surface area (Å²) < 4.78 is 11.0. The van der Waals surface area contributed by atoms with E-state index >= 15 is 0 Å². The third-order valence-electron chi connectivity index (χ3n) is 4.76. The van der Waals surface area contributed by atoms with Gasteiger partial charge in [-0.1, -0.05) is 37.3 Å². The molecule has 7 heteroatoms. The van der Waals surface area contributed by atoms with E-state index < -0.39 is 11.8 Å². The van der Waals surface area contributed by atoms with Crippen LogP contribution in [0.1, 0.15) is 41.8 Å². The molecule has 0 spiro atoms. The molecular formula is C28H29N3O4. The molecule has 0 aliphatic heterocycles. The molecule has 0 unspecified atom stereocenters. The lowest BCUT2D eigenvalue weighted by Gasteiger charge is -2.10. The second kappa shape index (κ2) is 13.3. The van der Waals surface area contributed by atoms with Crippen molar-refractivity contribution < 1.29 is 19.1 Å². The van der Waals surface area contributed by atoms with Crippen LogP contribution < -0.4 is 20.2 Å². The average Bonchev–Trinajstić information content (AvgIpc) is 2.89. The van der Waals surface area contributed by atoms with E-state index in [-0.39, 0.29) is 5.70 Å². The predicted octanol–water partition coefficient (Wildman–Crippen LogP) is 4.80. The highest BCUT2D eigenvalue weighted by molar-refractivity contribution is 6.05. The fourth-order valence-corrected chi connectivity index (χ4v) is 3.03. The van der Waals surface area contributed by atoms with Gasteiger partial charge in [-0.15, -0.1) is 0 Å². The largest absolute Gasteiger partial charge is 0.494 e. The van der Waals surface area contributed by atoms with Gasteiger partial charge >= 0.3 is 0 Å². The van der Waals surface area contributed by atoms with Gasteiger partial charge in [-0.05, 0) is 79.1 Å². The lowest BCUT2D eigenvalue weighted by molar-refractivity contribution is -0.117. The Morgan fingerprint density at radius 3 is 2.09 bits per heavy atom. The molecule has 0 saturated carbocycles. The van der Waals surface area contributed by atoms with Gasteiger partial charge in [0.25, 0.3) is 11.8 Å². The zero-order chi connectivity index (χ0) is 24.9. The Labute approximate surface area is 205 Å². The van der Waals surface area contributed by atoms with Crippen LogP contribution in [0.4, 0.5) is 0 Å². The van der Waals surface area contributed by atoms with E-state index in [0.717, 1.165) is 29.0 Å². The summed E-state index contributed by atoms with van der Waals surface area (Å²) in [5.41, 5.74) is 4.49. The van der Waals surface area contributed by atoms with E-state index in [4.69, 9.17) is 9.47 Å². The van der Waals surface area contributed by atoms with E-state index in [1.807, 2.05) is 68.4 Å². The Morgan fingerprint density at radius 2 is 1.46 bits per heavy atom. The normalized spacial score (nSPS) is 11.2. The average molecular weight is 472 g/mol. The van der Waals surface area contributed by atoms with Gasteiger partial charge in [-0.2, -0.15) is 5.10 Å². The number of hydrogen-bond acceptors (Lipinski definition) is 5. The monoisotopic (exact) mass is 471 g/mol. The molecule has 3 rings (SSSR count). The van der Waals surface area contributed by atoms with Crippen LogP contribution in [0.3, 0.4) is 0 Å². The smallest absolute Gasteiger partial charge is 0.287 e. The molecule has 7 nitrogen and oxygen atoms in total. The highest BCUT2D eigenvalue weighted by Crippen LogP contribution is 2.15. The van der Waals surface area contributed by atoms with Crippen molar-refractivity contribution in [3.63, 3.8) is 0 Å². The maximum Gasteiger partial charge on any atom is 0.287 e. The molecule has 0 atom stereocenters. The van der Waals surface area contributed by atoms with Gasteiger partial charge in [0.1, 0.15) is 17.2 Å². The first-order valence-electron chi connectivity index (χ1n) is 11.5. The van der Waals surface area contributed by atoms with Crippen LogP contribution in [-0.4, -0.2) is 31.2 Å². The van der Waals surface area contributed by atoms with Crippen molar-refractivity contribution in [2.45, 2.75) is 20.3 Å². The van der Waals surface area contributed by atoms with Gasteiger partial charge in [0, 0.05) is 5.56 Å². The summed E-state index contributed by atoms with van der Waals surface area (Å²) in [5.74, 6) is 0.546. The van der Waals surface area contributed by atoms with Gasteiger partial charge in [-0.25, -0.2) is 5.43 Å². The summed E-state index contributed by atoms with van der Waals surface area (Å²) in [4.78, 5) is 25.6. The molecule has 0 heterocycles. The third-order valence-corrected chi connectivity index (χ3v) is 4.76. The SMILES string of the molecule is CCCOc1ccc(/C=C(\NC(=O)c2ccccc2)C(=O)N/N=C/c2ccc(OCC)cc2)cc1. The number of carbonyl (C=O) groups is 2. The summed E-state index contributed by atoms with van der Waals surface area (Å²) in [7, 11) is 0. The van der Waals surface area contributed by atoms with E-state index in [1.165, 1.54) is 6.21 Å². The van der Waals surface area contributed by atoms with E-state index in [2.05, 4.69) is 15.8 Å². The zero-order valence-electron chi connectivity index (χ0n) is 19.9. The van der Waals surface area contributed by atoms with Crippen molar-refractivity contribution in [2.24, 2.45) is 5.10 Å². The molecule has 35 heavy (non-hydrogen) atoms. The van der Waals surface area contributed by atoms with Crippen LogP contribution in [0.5, 0.6) is 11.5 Å². The molecule has 3 aromatic rings. The van der Waals surface area contributed by atoms with Crippen molar-refractivity contribution >= 4 is 24.1 Å². The van der Waals surface area contributed by atoms with Crippen LogP contribution in [0.15, 0.2) is 89.7 Å². The van der Waals surface area contributed by atoms with Crippen molar-refractivity contribution in [3.8, 4) is 11.5 Å². The standard InChI is InChI=1S/C28H29N3O4/c1-3-18-35-25-14-10-21(11-15-25)19-26(30-27(32)23-8-6-5-7-9-23)28(33)31-29-20-22-12-16-24(17-13-22)34-4-2/h5-17,19-20H,3-4,18H2,1-2H3,(H,30,32)(H,31,33)/b26-19-,29-20+. The van der Waals surface area contributed by atoms with Crippen molar-refractivity contribution in [1.82, 2.24) is 10.7 Å². The number of carbonyl (C=O) groups excluding carboxylic acids is 2. The van der Waals surface area contributed by atoms with E-state index in [1.54, 1.807) is 30.3 Å². The van der Waals surface area contributed by atoms with Crippen molar-refractivity contribution in [1.29, 1.82) is 0 Å². The summed E-state index contributed by atoms with van der Waals surface area (Å²) in [6.07, 6.45) is 4.02. The highest BCUT2D eigenvalue weighted by atomic mass is 16.5. The molecule has 2 N–H and O–H groups in total. The highest BCUT2D eigenvalue weighted by Gasteiger charge is 2.14. The number of hydrogen-bond donors (Lipinski definition) is 2. The predicted molar refractivity (Wildman–Crippen MR) is 137 cm³/mol. The number of hydrazone groups is 1. The molecule has 0 saturated heterocycles. The maximum atomic E-state index is 12.9. The van der Waals surface area contributed by atoms with Gasteiger partial charge in [-0.3, -0.25) is 9.59 Å². The Morgan fingerprint density at radius 1 is 0.829 bits per heavy atom. The van der Waals surface area contributed by atoms with Crippen LogP contribution in [0.25, 0.3) is 6.08 Å². The number of benzene rings is 3. The second-order valence-electron chi connectivity index (χ2n) is 7.50. The Kier molecular flexibility index (Phi) is 9.63. The zero-order valence-corrected chi connectivity index (χ0v) is 19.9. The molecular weight excluding hydrogens is 442 g/mol. The van der Waals surface area contributed by atoms with Gasteiger partial charge < -0.3 is 14.8 Å². The Hall–Kier alpha value is -4.39. The minimum absolute atomic E-state index is 0.0601. The third kappa shape index (κ3) is 8.16. The van der Waals surface area contributed by atoms with Gasteiger partial charge in [0.05, 0.1) is 19.4 Å². The number of nitrogens with zero attached hydrogens (tertiary/aromatic N) is 1. The fraction of sp³-hybridized carbons (Fsp3) is 0.179. The summed E-state index contributed by atoms with van der Waals surface area (Å²) in [6, 6.07) is 23.3. The van der Waals surface area contributed by atoms with Crippen LogP contribution in [0.2, 0.25) is 0 Å². The molecule has 2 amide bonds. The summed E-state index contributed by atoms with van der Waals surface area (Å²) >= 11 is 0. The van der Waals surface area contributed by atoms with Crippen LogP contribution in [0, 0.1) is 0 Å². The lowest BCUT2D eigenvalue weighted by atomic mass is 10.1. The Balaban J connectivity index is 1.75. The summed E-state index contributed by atoms with van der Waals surface area (Å²) in [5, 5.41) is 6.72. The maximum absolute atomic E-state index is 12.9. The van der Waals surface area contributed by atoms with Crippen molar-refractivity contribution in [3.05, 3.63) is 101 Å². The lowest BCUT2D eigenvalue weighted by Crippen LogP contribution is -2.32. The Bertz CT molecular complexity index is 1160. The first-order chi connectivity index (χ1) is 17.1. The van der Waals surface area contributed by atoms with E-state index in [9.17, 15) is 9.59 Å². The molecule has 0 fully saturated rings. The molecule has 0 bridgehead atoms.